The summed E-state index contributed by atoms with van der Waals surface area (Å²) in [5, 5.41) is 5.52. The Labute approximate surface area is 130 Å². The summed E-state index contributed by atoms with van der Waals surface area (Å²) in [5.74, 6) is 0. The van der Waals surface area contributed by atoms with Crippen molar-refractivity contribution >= 4 is 28.2 Å². The molecule has 0 spiro atoms. The number of halogens is 1. The molecule has 0 aliphatic heterocycles. The van der Waals surface area contributed by atoms with Crippen molar-refractivity contribution in [2.45, 2.75) is 44.8 Å². The summed E-state index contributed by atoms with van der Waals surface area (Å²) in [6.45, 7) is 2.05. The Morgan fingerprint density at radius 2 is 2.05 bits per heavy atom. The highest BCUT2D eigenvalue weighted by molar-refractivity contribution is 6.35. The first-order valence-electron chi connectivity index (χ1n) is 7.52. The van der Waals surface area contributed by atoms with Crippen LogP contribution in [-0.4, -0.2) is 24.2 Å². The van der Waals surface area contributed by atoms with Gasteiger partial charge in [0.1, 0.15) is 0 Å². The molecular formula is C17H21ClN2O. The van der Waals surface area contributed by atoms with E-state index < -0.39 is 0 Å². The fourth-order valence-corrected chi connectivity index (χ4v) is 3.49. The van der Waals surface area contributed by atoms with Gasteiger partial charge in [-0.05, 0) is 56.4 Å². The fourth-order valence-electron chi connectivity index (χ4n) is 3.17. The second-order valence-electron chi connectivity index (χ2n) is 5.80. The molecule has 21 heavy (non-hydrogen) atoms. The molecule has 2 aromatic rings. The summed E-state index contributed by atoms with van der Waals surface area (Å²) in [4.78, 5) is 4.48. The summed E-state index contributed by atoms with van der Waals surface area (Å²) in [6, 6.07) is 6.51. The van der Waals surface area contributed by atoms with E-state index in [-0.39, 0.29) is 0 Å². The average Bonchev–Trinajstić information content (AvgIpc) is 2.52. The fraction of sp³-hybridized carbons (Fsp3) is 0.471. The van der Waals surface area contributed by atoms with Crippen molar-refractivity contribution < 1.29 is 4.74 Å². The van der Waals surface area contributed by atoms with Crippen LogP contribution in [0.15, 0.2) is 24.4 Å². The lowest BCUT2D eigenvalue weighted by molar-refractivity contribution is 0.0682. The van der Waals surface area contributed by atoms with Crippen LogP contribution in [0.5, 0.6) is 0 Å². The molecule has 3 nitrogen and oxygen atoms in total. The minimum Gasteiger partial charge on any atom is -0.381 e. The zero-order valence-electron chi connectivity index (χ0n) is 12.5. The van der Waals surface area contributed by atoms with Gasteiger partial charge in [-0.15, -0.1) is 0 Å². The lowest BCUT2D eigenvalue weighted by Gasteiger charge is -2.29. The Morgan fingerprint density at radius 3 is 2.76 bits per heavy atom. The van der Waals surface area contributed by atoms with E-state index in [0.717, 1.165) is 52.9 Å². The summed E-state index contributed by atoms with van der Waals surface area (Å²) in [5.41, 5.74) is 3.16. The first-order chi connectivity index (χ1) is 10.2. The van der Waals surface area contributed by atoms with Gasteiger partial charge in [0, 0.05) is 24.7 Å². The number of aryl methyl sites for hydroxylation is 1. The molecular weight excluding hydrogens is 284 g/mol. The maximum absolute atomic E-state index is 6.47. The van der Waals surface area contributed by atoms with Crippen molar-refractivity contribution in [3.63, 3.8) is 0 Å². The number of aromatic nitrogens is 1. The van der Waals surface area contributed by atoms with Gasteiger partial charge in [-0.1, -0.05) is 11.6 Å². The number of benzene rings is 1. The highest BCUT2D eigenvalue weighted by Gasteiger charge is 2.22. The van der Waals surface area contributed by atoms with Crippen molar-refractivity contribution in [2.24, 2.45) is 0 Å². The van der Waals surface area contributed by atoms with E-state index in [1.54, 1.807) is 7.11 Å². The van der Waals surface area contributed by atoms with Crippen molar-refractivity contribution in [3.05, 3.63) is 35.0 Å². The lowest BCUT2D eigenvalue weighted by atomic mass is 9.92. The highest BCUT2D eigenvalue weighted by atomic mass is 35.5. The molecule has 112 valence electrons. The number of hydrogen-bond donors (Lipinski definition) is 1. The zero-order valence-corrected chi connectivity index (χ0v) is 13.3. The molecule has 0 radical (unpaired) electrons. The van der Waals surface area contributed by atoms with Gasteiger partial charge < -0.3 is 10.1 Å². The second kappa shape index (κ2) is 6.20. The minimum atomic E-state index is 0.412. The molecule has 1 aliphatic rings. The Bertz CT molecular complexity index is 636. The van der Waals surface area contributed by atoms with E-state index in [1.807, 2.05) is 18.3 Å². The molecule has 0 bridgehead atoms. The number of nitrogens with one attached hydrogen (secondary N) is 1. The molecule has 1 heterocycles. The van der Waals surface area contributed by atoms with Crippen LogP contribution in [0.1, 0.15) is 31.2 Å². The van der Waals surface area contributed by atoms with E-state index in [4.69, 9.17) is 16.3 Å². The number of ether oxygens (including phenoxy) is 1. The molecule has 1 N–H and O–H groups in total. The summed E-state index contributed by atoms with van der Waals surface area (Å²) in [7, 11) is 1.80. The molecule has 0 amide bonds. The predicted molar refractivity (Wildman–Crippen MR) is 88.2 cm³/mol. The molecule has 1 aromatic heterocycles. The standard InChI is InChI=1S/C17H21ClN2O/c1-11-10-15(18)17(14-4-3-9-19-16(11)14)20-12-5-7-13(21-2)8-6-12/h3-4,9-10,12-13,20H,5-8H2,1-2H3. The third-order valence-corrected chi connectivity index (χ3v) is 4.69. The SMILES string of the molecule is COC1CCC(Nc2c(Cl)cc(C)c3ncccc23)CC1. The maximum atomic E-state index is 6.47. The van der Waals surface area contributed by atoms with Crippen LogP contribution in [0.4, 0.5) is 5.69 Å². The molecule has 3 rings (SSSR count). The van der Waals surface area contributed by atoms with Crippen LogP contribution in [0.25, 0.3) is 10.9 Å². The number of hydrogen-bond acceptors (Lipinski definition) is 3. The van der Waals surface area contributed by atoms with Gasteiger partial charge in [0.25, 0.3) is 0 Å². The van der Waals surface area contributed by atoms with E-state index in [0.29, 0.717) is 12.1 Å². The van der Waals surface area contributed by atoms with Crippen LogP contribution in [-0.2, 0) is 4.74 Å². The van der Waals surface area contributed by atoms with Gasteiger partial charge in [0.2, 0.25) is 0 Å². The average molecular weight is 305 g/mol. The number of nitrogens with zero attached hydrogens (tertiary/aromatic N) is 1. The Morgan fingerprint density at radius 1 is 1.29 bits per heavy atom. The number of methoxy groups -OCH3 is 1. The number of rotatable bonds is 3. The molecule has 0 unspecified atom stereocenters. The van der Waals surface area contributed by atoms with Crippen LogP contribution < -0.4 is 5.32 Å². The minimum absolute atomic E-state index is 0.412. The number of anilines is 1. The summed E-state index contributed by atoms with van der Waals surface area (Å²) < 4.78 is 5.44. The zero-order chi connectivity index (χ0) is 14.8. The Hall–Kier alpha value is -1.32. The van der Waals surface area contributed by atoms with E-state index >= 15 is 0 Å². The van der Waals surface area contributed by atoms with E-state index in [1.165, 1.54) is 0 Å². The molecule has 1 aliphatic carbocycles. The normalized spacial score (nSPS) is 22.4. The van der Waals surface area contributed by atoms with Gasteiger partial charge in [0.05, 0.1) is 22.3 Å². The van der Waals surface area contributed by atoms with Crippen molar-refractivity contribution in [1.82, 2.24) is 4.98 Å². The van der Waals surface area contributed by atoms with Gasteiger partial charge in [-0.3, -0.25) is 4.98 Å². The largest absolute Gasteiger partial charge is 0.381 e. The molecule has 4 heteroatoms. The highest BCUT2D eigenvalue weighted by Crippen LogP contribution is 2.35. The van der Waals surface area contributed by atoms with Gasteiger partial charge in [-0.25, -0.2) is 0 Å². The third-order valence-electron chi connectivity index (χ3n) is 4.39. The first kappa shape index (κ1) is 14.6. The molecule has 1 aromatic carbocycles. The Balaban J connectivity index is 1.87. The molecule has 0 atom stereocenters. The first-order valence-corrected chi connectivity index (χ1v) is 7.90. The van der Waals surface area contributed by atoms with Gasteiger partial charge in [-0.2, -0.15) is 0 Å². The molecule has 1 saturated carbocycles. The van der Waals surface area contributed by atoms with Gasteiger partial charge >= 0.3 is 0 Å². The maximum Gasteiger partial charge on any atom is 0.0752 e. The van der Waals surface area contributed by atoms with Crippen LogP contribution in [0.2, 0.25) is 5.02 Å². The van der Waals surface area contributed by atoms with E-state index in [9.17, 15) is 0 Å². The van der Waals surface area contributed by atoms with Crippen molar-refractivity contribution in [1.29, 1.82) is 0 Å². The third kappa shape index (κ3) is 2.99. The molecule has 0 saturated heterocycles. The Kier molecular flexibility index (Phi) is 4.32. The van der Waals surface area contributed by atoms with Crippen LogP contribution in [0.3, 0.4) is 0 Å². The number of fused-ring (bicyclic) bond motifs is 1. The topological polar surface area (TPSA) is 34.1 Å². The smallest absolute Gasteiger partial charge is 0.0752 e. The predicted octanol–water partition coefficient (Wildman–Crippen LogP) is 4.57. The van der Waals surface area contributed by atoms with Crippen molar-refractivity contribution in [3.8, 4) is 0 Å². The van der Waals surface area contributed by atoms with Gasteiger partial charge in [0.15, 0.2) is 0 Å². The van der Waals surface area contributed by atoms with Crippen molar-refractivity contribution in [2.75, 3.05) is 12.4 Å². The number of pyridine rings is 1. The van der Waals surface area contributed by atoms with E-state index in [2.05, 4.69) is 23.3 Å². The summed E-state index contributed by atoms with van der Waals surface area (Å²) >= 11 is 6.47. The quantitative estimate of drug-likeness (QED) is 0.902. The second-order valence-corrected chi connectivity index (χ2v) is 6.21. The monoisotopic (exact) mass is 304 g/mol. The van der Waals surface area contributed by atoms with Crippen LogP contribution in [0, 0.1) is 6.92 Å². The molecule has 1 fully saturated rings. The summed E-state index contributed by atoms with van der Waals surface area (Å²) in [6.07, 6.45) is 6.68. The lowest BCUT2D eigenvalue weighted by Crippen LogP contribution is -2.29. The van der Waals surface area contributed by atoms with Crippen LogP contribution >= 0.6 is 11.6 Å².